The van der Waals surface area contributed by atoms with Gasteiger partial charge in [0.25, 0.3) is 10.2 Å². The van der Waals surface area contributed by atoms with E-state index in [1.54, 1.807) is 16.5 Å². The van der Waals surface area contributed by atoms with E-state index in [4.69, 9.17) is 0 Å². The molecule has 4 nitrogen and oxygen atoms in total. The average molecular weight is 258 g/mol. The smallest absolute Gasteiger partial charge is 0.195 e. The summed E-state index contributed by atoms with van der Waals surface area (Å²) < 4.78 is 27.8. The lowest BCUT2D eigenvalue weighted by atomic mass is 10.2. The van der Waals surface area contributed by atoms with Crippen molar-refractivity contribution in [2.75, 3.05) is 26.2 Å². The Labute approximate surface area is 105 Å². The van der Waals surface area contributed by atoms with Crippen molar-refractivity contribution in [3.63, 3.8) is 0 Å². The summed E-state index contributed by atoms with van der Waals surface area (Å²) in [5, 5.41) is 0. The molecule has 17 heavy (non-hydrogen) atoms. The summed E-state index contributed by atoms with van der Waals surface area (Å²) in [6.07, 6.45) is 7.37. The van der Waals surface area contributed by atoms with E-state index < -0.39 is 10.2 Å². The summed E-state index contributed by atoms with van der Waals surface area (Å²) in [7, 11) is -3.35. The topological polar surface area (TPSA) is 40.6 Å². The fourth-order valence-corrected chi connectivity index (χ4v) is 3.62. The number of hydrogen-bond acceptors (Lipinski definition) is 2. The van der Waals surface area contributed by atoms with E-state index in [-0.39, 0.29) is 0 Å². The fraction of sp³-hybridized carbons (Fsp3) is 0.667. The molecule has 1 aliphatic rings. The second-order valence-corrected chi connectivity index (χ2v) is 6.14. The molecule has 0 aliphatic carbocycles. The minimum absolute atomic E-state index is 0.338. The van der Waals surface area contributed by atoms with Crippen LogP contribution < -0.4 is 0 Å². The molecule has 0 saturated carbocycles. The van der Waals surface area contributed by atoms with Crippen molar-refractivity contribution in [3.8, 4) is 0 Å². The van der Waals surface area contributed by atoms with Gasteiger partial charge in [-0.25, -0.2) is 0 Å². The molecule has 98 valence electrons. The first kappa shape index (κ1) is 14.4. The van der Waals surface area contributed by atoms with E-state index in [1.165, 1.54) is 4.31 Å². The van der Waals surface area contributed by atoms with Crippen molar-refractivity contribution < 1.29 is 8.42 Å². The van der Waals surface area contributed by atoms with Crippen LogP contribution in [0.25, 0.3) is 0 Å². The molecule has 0 aromatic rings. The van der Waals surface area contributed by atoms with Crippen LogP contribution in [0.15, 0.2) is 25.3 Å². The van der Waals surface area contributed by atoms with Gasteiger partial charge in [0.05, 0.1) is 0 Å². The summed E-state index contributed by atoms with van der Waals surface area (Å²) >= 11 is 0. The Morgan fingerprint density at radius 2 is 1.47 bits per heavy atom. The third kappa shape index (κ3) is 3.94. The lowest BCUT2D eigenvalue weighted by Gasteiger charge is -2.27. The molecule has 5 heteroatoms. The first-order chi connectivity index (χ1) is 8.12. The van der Waals surface area contributed by atoms with Crippen molar-refractivity contribution in [3.05, 3.63) is 25.3 Å². The second kappa shape index (κ2) is 6.93. The molecule has 0 unspecified atom stereocenters. The fourth-order valence-electron chi connectivity index (χ4n) is 1.99. The summed E-state index contributed by atoms with van der Waals surface area (Å²) in [5.41, 5.74) is 0. The van der Waals surface area contributed by atoms with Crippen LogP contribution in [0.1, 0.15) is 25.7 Å². The zero-order valence-electron chi connectivity index (χ0n) is 10.3. The van der Waals surface area contributed by atoms with Crippen molar-refractivity contribution in [2.45, 2.75) is 25.7 Å². The highest BCUT2D eigenvalue weighted by atomic mass is 32.2. The zero-order chi connectivity index (χ0) is 12.7. The van der Waals surface area contributed by atoms with E-state index in [0.717, 1.165) is 25.7 Å². The van der Waals surface area contributed by atoms with Gasteiger partial charge in [-0.3, -0.25) is 0 Å². The standard InChI is InChI=1S/C12H22N2O2S/c1-3-9-13(10-4-2)17(15,16)14-11-7-5-6-8-12-14/h3-4H,1-2,5-12H2. The Morgan fingerprint density at radius 3 is 1.88 bits per heavy atom. The predicted octanol–water partition coefficient (Wildman–Crippen LogP) is 1.78. The summed E-state index contributed by atoms with van der Waals surface area (Å²) in [4.78, 5) is 0. The van der Waals surface area contributed by atoms with Crippen molar-refractivity contribution in [1.29, 1.82) is 0 Å². The summed E-state index contributed by atoms with van der Waals surface area (Å²) in [6, 6.07) is 0. The van der Waals surface area contributed by atoms with Gasteiger partial charge in [-0.05, 0) is 12.8 Å². The molecule has 0 N–H and O–H groups in total. The second-order valence-electron chi connectivity index (χ2n) is 4.22. The Bertz CT molecular complexity index is 334. The molecule has 0 bridgehead atoms. The maximum absolute atomic E-state index is 12.4. The molecule has 0 atom stereocenters. The molecule has 1 rings (SSSR count). The molecule has 1 aliphatic heterocycles. The van der Waals surface area contributed by atoms with Crippen LogP contribution in [0.3, 0.4) is 0 Å². The van der Waals surface area contributed by atoms with Gasteiger partial charge in [0.2, 0.25) is 0 Å². The minimum Gasteiger partial charge on any atom is -0.195 e. The Balaban J connectivity index is 2.80. The van der Waals surface area contributed by atoms with Gasteiger partial charge < -0.3 is 0 Å². The quantitative estimate of drug-likeness (QED) is 0.681. The Hall–Kier alpha value is -0.650. The van der Waals surface area contributed by atoms with Crippen LogP contribution in [-0.2, 0) is 10.2 Å². The maximum atomic E-state index is 12.4. The third-order valence-electron chi connectivity index (χ3n) is 2.88. The molecule has 0 amide bonds. The number of nitrogens with zero attached hydrogens (tertiary/aromatic N) is 2. The van der Waals surface area contributed by atoms with Gasteiger partial charge in [-0.15, -0.1) is 13.2 Å². The maximum Gasteiger partial charge on any atom is 0.282 e. The van der Waals surface area contributed by atoms with Gasteiger partial charge >= 0.3 is 0 Å². The predicted molar refractivity (Wildman–Crippen MR) is 70.9 cm³/mol. The molecule has 0 aromatic heterocycles. The number of hydrogen-bond donors (Lipinski definition) is 0. The van der Waals surface area contributed by atoms with Crippen LogP contribution >= 0.6 is 0 Å². The lowest BCUT2D eigenvalue weighted by Crippen LogP contribution is -2.44. The molecule has 0 spiro atoms. The summed E-state index contributed by atoms with van der Waals surface area (Å²) in [6.45, 7) is 9.14. The highest BCUT2D eigenvalue weighted by Gasteiger charge is 2.28. The van der Waals surface area contributed by atoms with E-state index in [1.807, 2.05) is 0 Å². The van der Waals surface area contributed by atoms with Crippen LogP contribution in [-0.4, -0.2) is 43.2 Å². The van der Waals surface area contributed by atoms with Crippen molar-refractivity contribution in [1.82, 2.24) is 8.61 Å². The van der Waals surface area contributed by atoms with Crippen LogP contribution in [0.2, 0.25) is 0 Å². The molecule has 1 fully saturated rings. The van der Waals surface area contributed by atoms with Gasteiger partial charge in [-0.1, -0.05) is 25.0 Å². The minimum atomic E-state index is -3.35. The van der Waals surface area contributed by atoms with Crippen molar-refractivity contribution >= 4 is 10.2 Å². The first-order valence-corrected chi connectivity index (χ1v) is 7.49. The highest BCUT2D eigenvalue weighted by molar-refractivity contribution is 7.86. The molecule has 1 heterocycles. The van der Waals surface area contributed by atoms with Gasteiger partial charge in [0.1, 0.15) is 0 Å². The first-order valence-electron chi connectivity index (χ1n) is 6.10. The molecule has 1 saturated heterocycles. The van der Waals surface area contributed by atoms with Crippen molar-refractivity contribution in [2.24, 2.45) is 0 Å². The van der Waals surface area contributed by atoms with Gasteiger partial charge in [-0.2, -0.15) is 17.0 Å². The lowest BCUT2D eigenvalue weighted by molar-refractivity contribution is 0.366. The molecule has 0 aromatic carbocycles. The Kier molecular flexibility index (Phi) is 5.88. The van der Waals surface area contributed by atoms with Crippen LogP contribution in [0, 0.1) is 0 Å². The monoisotopic (exact) mass is 258 g/mol. The van der Waals surface area contributed by atoms with E-state index in [9.17, 15) is 8.42 Å². The van der Waals surface area contributed by atoms with E-state index >= 15 is 0 Å². The summed E-state index contributed by atoms with van der Waals surface area (Å²) in [5.74, 6) is 0. The normalized spacial score (nSPS) is 18.9. The zero-order valence-corrected chi connectivity index (χ0v) is 11.2. The molecular formula is C12H22N2O2S. The number of rotatable bonds is 6. The largest absolute Gasteiger partial charge is 0.282 e. The van der Waals surface area contributed by atoms with Gasteiger partial charge in [0, 0.05) is 26.2 Å². The van der Waals surface area contributed by atoms with Crippen LogP contribution in [0.5, 0.6) is 0 Å². The van der Waals surface area contributed by atoms with E-state index in [2.05, 4.69) is 13.2 Å². The Morgan fingerprint density at radius 1 is 1.00 bits per heavy atom. The third-order valence-corrected chi connectivity index (χ3v) is 4.85. The SMILES string of the molecule is C=CCN(CC=C)S(=O)(=O)N1CCCCCC1. The van der Waals surface area contributed by atoms with Gasteiger partial charge in [0.15, 0.2) is 0 Å². The average Bonchev–Trinajstić information content (AvgIpc) is 2.57. The highest BCUT2D eigenvalue weighted by Crippen LogP contribution is 2.16. The van der Waals surface area contributed by atoms with Crippen LogP contribution in [0.4, 0.5) is 0 Å². The van der Waals surface area contributed by atoms with E-state index in [0.29, 0.717) is 26.2 Å². The molecular weight excluding hydrogens is 236 g/mol. The molecule has 0 radical (unpaired) electrons.